The highest BCUT2D eigenvalue weighted by atomic mass is 16.5. The summed E-state index contributed by atoms with van der Waals surface area (Å²) in [4.78, 5) is 11.7. The zero-order chi connectivity index (χ0) is 14.0. The third-order valence-corrected chi connectivity index (χ3v) is 2.80. The topological polar surface area (TPSA) is 65.2 Å². The summed E-state index contributed by atoms with van der Waals surface area (Å²) in [6.45, 7) is 5.52. The Morgan fingerprint density at radius 1 is 1.32 bits per heavy atom. The van der Waals surface area contributed by atoms with E-state index in [0.717, 1.165) is 16.9 Å². The molecule has 0 amide bonds. The molecule has 100 valence electrons. The van der Waals surface area contributed by atoms with Gasteiger partial charge in [0.2, 0.25) is 11.7 Å². The fourth-order valence-electron chi connectivity index (χ4n) is 1.70. The quantitative estimate of drug-likeness (QED) is 0.791. The standard InChI is InChI=1S/C14H16N2O3/c1-8(2)12(17)14-16-15-13(19-14)10-5-6-11(18-4)9(3)7-10/h5-8H,1-4H3. The van der Waals surface area contributed by atoms with Crippen LogP contribution in [0, 0.1) is 12.8 Å². The molecule has 2 aromatic rings. The monoisotopic (exact) mass is 260 g/mol. The number of hydrogen-bond acceptors (Lipinski definition) is 5. The average Bonchev–Trinajstić information content (AvgIpc) is 2.87. The minimum Gasteiger partial charge on any atom is -0.496 e. The number of methoxy groups -OCH3 is 1. The molecular weight excluding hydrogens is 244 g/mol. The second-order valence-electron chi connectivity index (χ2n) is 4.62. The largest absolute Gasteiger partial charge is 0.496 e. The smallest absolute Gasteiger partial charge is 0.284 e. The molecule has 5 nitrogen and oxygen atoms in total. The van der Waals surface area contributed by atoms with Crippen LogP contribution in [0.3, 0.4) is 0 Å². The van der Waals surface area contributed by atoms with E-state index in [0.29, 0.717) is 5.89 Å². The van der Waals surface area contributed by atoms with Crippen molar-refractivity contribution in [3.63, 3.8) is 0 Å². The van der Waals surface area contributed by atoms with Gasteiger partial charge >= 0.3 is 0 Å². The molecule has 1 heterocycles. The molecule has 1 aromatic heterocycles. The number of ether oxygens (including phenoxy) is 1. The van der Waals surface area contributed by atoms with Crippen molar-refractivity contribution in [2.45, 2.75) is 20.8 Å². The molecule has 5 heteroatoms. The Balaban J connectivity index is 2.33. The molecule has 0 spiro atoms. The van der Waals surface area contributed by atoms with Crippen LogP contribution in [0.5, 0.6) is 5.75 Å². The Kier molecular flexibility index (Phi) is 3.64. The van der Waals surface area contributed by atoms with Gasteiger partial charge in [0, 0.05) is 11.5 Å². The summed E-state index contributed by atoms with van der Waals surface area (Å²) in [5.74, 6) is 0.879. The molecule has 2 rings (SSSR count). The average molecular weight is 260 g/mol. The van der Waals surface area contributed by atoms with Crippen LogP contribution in [-0.4, -0.2) is 23.1 Å². The maximum Gasteiger partial charge on any atom is 0.284 e. The molecule has 19 heavy (non-hydrogen) atoms. The molecule has 0 saturated heterocycles. The Morgan fingerprint density at radius 2 is 2.05 bits per heavy atom. The maximum atomic E-state index is 11.7. The number of rotatable bonds is 4. The molecule has 0 aliphatic rings. The van der Waals surface area contributed by atoms with Crippen molar-refractivity contribution in [2.75, 3.05) is 7.11 Å². The van der Waals surface area contributed by atoms with Crippen LogP contribution in [0.4, 0.5) is 0 Å². The van der Waals surface area contributed by atoms with Gasteiger partial charge in [-0.15, -0.1) is 10.2 Å². The van der Waals surface area contributed by atoms with Gasteiger partial charge in [-0.3, -0.25) is 4.79 Å². The zero-order valence-electron chi connectivity index (χ0n) is 11.4. The lowest BCUT2D eigenvalue weighted by Gasteiger charge is -2.04. The van der Waals surface area contributed by atoms with Gasteiger partial charge in [0.1, 0.15) is 5.75 Å². The molecule has 0 bridgehead atoms. The van der Waals surface area contributed by atoms with Crippen LogP contribution < -0.4 is 4.74 Å². The number of aromatic nitrogens is 2. The van der Waals surface area contributed by atoms with E-state index >= 15 is 0 Å². The number of aryl methyl sites for hydroxylation is 1. The first-order chi connectivity index (χ1) is 9.02. The van der Waals surface area contributed by atoms with Gasteiger partial charge in [0.25, 0.3) is 5.89 Å². The van der Waals surface area contributed by atoms with Gasteiger partial charge in [0.05, 0.1) is 7.11 Å². The van der Waals surface area contributed by atoms with Crippen molar-refractivity contribution < 1.29 is 13.9 Å². The lowest BCUT2D eigenvalue weighted by molar-refractivity contribution is 0.0905. The first-order valence-electron chi connectivity index (χ1n) is 6.05. The van der Waals surface area contributed by atoms with Crippen molar-refractivity contribution in [3.05, 3.63) is 29.7 Å². The Labute approximate surface area is 111 Å². The van der Waals surface area contributed by atoms with E-state index < -0.39 is 0 Å². The lowest BCUT2D eigenvalue weighted by atomic mass is 10.1. The second kappa shape index (κ2) is 5.22. The first-order valence-corrected chi connectivity index (χ1v) is 6.05. The SMILES string of the molecule is COc1ccc(-c2nnc(C(=O)C(C)C)o2)cc1C. The molecule has 0 aliphatic heterocycles. The van der Waals surface area contributed by atoms with Crippen LogP contribution in [0.15, 0.2) is 22.6 Å². The van der Waals surface area contributed by atoms with E-state index in [1.165, 1.54) is 0 Å². The molecule has 0 N–H and O–H groups in total. The Morgan fingerprint density at radius 3 is 2.63 bits per heavy atom. The number of carbonyl (C=O) groups excluding carboxylic acids is 1. The van der Waals surface area contributed by atoms with Gasteiger partial charge < -0.3 is 9.15 Å². The predicted molar refractivity (Wildman–Crippen MR) is 70.2 cm³/mol. The molecule has 0 saturated carbocycles. The maximum absolute atomic E-state index is 11.7. The van der Waals surface area contributed by atoms with E-state index in [9.17, 15) is 4.79 Å². The van der Waals surface area contributed by atoms with Crippen molar-refractivity contribution in [1.82, 2.24) is 10.2 Å². The van der Waals surface area contributed by atoms with Gasteiger partial charge in [0.15, 0.2) is 0 Å². The summed E-state index contributed by atoms with van der Waals surface area (Å²) < 4.78 is 10.6. The predicted octanol–water partition coefficient (Wildman–Crippen LogP) is 2.89. The normalized spacial score (nSPS) is 10.8. The van der Waals surface area contributed by atoms with E-state index in [4.69, 9.17) is 9.15 Å². The third-order valence-electron chi connectivity index (χ3n) is 2.80. The number of Topliss-reactive ketones (excluding diaryl/α,β-unsaturated/α-hetero) is 1. The Bertz CT molecular complexity index is 602. The number of benzene rings is 1. The number of carbonyl (C=O) groups is 1. The van der Waals surface area contributed by atoms with Gasteiger partial charge in [-0.25, -0.2) is 0 Å². The number of hydrogen-bond donors (Lipinski definition) is 0. The fraction of sp³-hybridized carbons (Fsp3) is 0.357. The lowest BCUT2D eigenvalue weighted by Crippen LogP contribution is -2.07. The first kappa shape index (κ1) is 13.3. The third kappa shape index (κ3) is 2.65. The highest BCUT2D eigenvalue weighted by Crippen LogP contribution is 2.25. The summed E-state index contributed by atoms with van der Waals surface area (Å²) >= 11 is 0. The summed E-state index contributed by atoms with van der Waals surface area (Å²) in [6, 6.07) is 5.54. The van der Waals surface area contributed by atoms with Gasteiger partial charge in [-0.1, -0.05) is 13.8 Å². The number of ketones is 1. The van der Waals surface area contributed by atoms with Crippen molar-refractivity contribution in [2.24, 2.45) is 5.92 Å². The molecule has 0 atom stereocenters. The number of nitrogens with zero attached hydrogens (tertiary/aromatic N) is 2. The van der Waals surface area contributed by atoms with Crippen molar-refractivity contribution >= 4 is 5.78 Å². The fourth-order valence-corrected chi connectivity index (χ4v) is 1.70. The second-order valence-corrected chi connectivity index (χ2v) is 4.62. The van der Waals surface area contributed by atoms with Crippen LogP contribution in [0.1, 0.15) is 30.1 Å². The van der Waals surface area contributed by atoms with E-state index in [-0.39, 0.29) is 17.6 Å². The molecule has 0 unspecified atom stereocenters. The van der Waals surface area contributed by atoms with Crippen LogP contribution in [-0.2, 0) is 0 Å². The van der Waals surface area contributed by atoms with E-state index in [1.54, 1.807) is 21.0 Å². The highest BCUT2D eigenvalue weighted by Gasteiger charge is 2.18. The van der Waals surface area contributed by atoms with Crippen molar-refractivity contribution in [3.8, 4) is 17.2 Å². The van der Waals surface area contributed by atoms with Crippen LogP contribution in [0.25, 0.3) is 11.5 Å². The highest BCUT2D eigenvalue weighted by molar-refractivity contribution is 5.93. The van der Waals surface area contributed by atoms with Gasteiger partial charge in [-0.2, -0.15) is 0 Å². The molecule has 0 fully saturated rings. The molecular formula is C14H16N2O3. The Hall–Kier alpha value is -2.17. The van der Waals surface area contributed by atoms with Crippen LogP contribution in [0.2, 0.25) is 0 Å². The molecule has 1 aromatic carbocycles. The summed E-state index contributed by atoms with van der Waals surface area (Å²) in [5.41, 5.74) is 1.74. The van der Waals surface area contributed by atoms with Crippen LogP contribution >= 0.6 is 0 Å². The summed E-state index contributed by atoms with van der Waals surface area (Å²) in [7, 11) is 1.62. The minimum atomic E-state index is -0.161. The van der Waals surface area contributed by atoms with Crippen molar-refractivity contribution in [1.29, 1.82) is 0 Å². The summed E-state index contributed by atoms with van der Waals surface area (Å²) in [5, 5.41) is 7.70. The zero-order valence-corrected chi connectivity index (χ0v) is 11.4. The van der Waals surface area contributed by atoms with E-state index in [1.807, 2.05) is 25.1 Å². The molecule has 0 aliphatic carbocycles. The summed E-state index contributed by atoms with van der Waals surface area (Å²) in [6.07, 6.45) is 0. The van der Waals surface area contributed by atoms with Gasteiger partial charge in [-0.05, 0) is 30.7 Å². The molecule has 0 radical (unpaired) electrons. The minimum absolute atomic E-state index is 0.0541. The van der Waals surface area contributed by atoms with E-state index in [2.05, 4.69) is 10.2 Å².